The fourth-order valence-corrected chi connectivity index (χ4v) is 4.26. The molecule has 0 spiro atoms. The van der Waals surface area contributed by atoms with Crippen LogP contribution in [-0.4, -0.2) is 15.0 Å². The minimum Gasteiger partial charge on any atom is -0.356 e. The Morgan fingerprint density at radius 2 is 1.58 bits per heavy atom. The first-order chi connectivity index (χ1) is 15.9. The molecule has 0 saturated carbocycles. The van der Waals surface area contributed by atoms with E-state index in [0.29, 0.717) is 23.8 Å². The number of nitrogens with zero attached hydrogens (tertiary/aromatic N) is 1. The quantitative estimate of drug-likeness (QED) is 0.362. The second-order valence-electron chi connectivity index (χ2n) is 8.57. The Bertz CT molecular complexity index is 1320. The number of aryl methyl sites for hydroxylation is 2. The molecule has 1 atom stereocenters. The monoisotopic (exact) mass is 455 g/mol. The van der Waals surface area contributed by atoms with Gasteiger partial charge in [-0.15, -0.1) is 0 Å². The Kier molecular flexibility index (Phi) is 6.90. The fraction of sp³-hybridized carbons (Fsp3) is 0.214. The molecule has 0 amide bonds. The molecule has 1 aromatic heterocycles. The summed E-state index contributed by atoms with van der Waals surface area (Å²) in [5.74, 6) is 0. The van der Waals surface area contributed by atoms with Gasteiger partial charge in [-0.2, -0.15) is 0 Å². The van der Waals surface area contributed by atoms with Crippen LogP contribution in [0.5, 0.6) is 0 Å². The number of fused-ring (bicyclic) bond motifs is 1. The van der Waals surface area contributed by atoms with Crippen molar-refractivity contribution in [2.24, 2.45) is 0 Å². The highest BCUT2D eigenvalue weighted by Gasteiger charge is 2.16. The summed E-state index contributed by atoms with van der Waals surface area (Å²) in [6, 6.07) is 26.6. The van der Waals surface area contributed by atoms with Crippen molar-refractivity contribution in [3.8, 4) is 0 Å². The van der Waals surface area contributed by atoms with Crippen LogP contribution < -0.4 is 10.9 Å². The molecule has 168 valence electrons. The zero-order chi connectivity index (χ0) is 23.4. The summed E-state index contributed by atoms with van der Waals surface area (Å²) in [6.07, 6.45) is 0. The van der Waals surface area contributed by atoms with E-state index in [9.17, 15) is 4.79 Å². The predicted octanol–water partition coefficient (Wildman–Crippen LogP) is 5.78. The highest BCUT2D eigenvalue weighted by Crippen LogP contribution is 2.19. The van der Waals surface area contributed by atoms with Crippen LogP contribution in [0, 0.1) is 13.8 Å². The van der Waals surface area contributed by atoms with E-state index in [2.05, 4.69) is 66.3 Å². The second kappa shape index (κ2) is 10.0. The molecule has 2 N–H and O–H groups in total. The van der Waals surface area contributed by atoms with Crippen molar-refractivity contribution < 1.29 is 0 Å². The van der Waals surface area contributed by atoms with Crippen LogP contribution in [-0.2, 0) is 13.1 Å². The molecule has 5 heteroatoms. The van der Waals surface area contributed by atoms with E-state index in [1.807, 2.05) is 48.5 Å². The van der Waals surface area contributed by atoms with Crippen molar-refractivity contribution >= 4 is 28.2 Å². The van der Waals surface area contributed by atoms with Gasteiger partial charge in [-0.25, -0.2) is 0 Å². The number of rotatable bonds is 6. The number of hydrogen-bond acceptors (Lipinski definition) is 2. The topological polar surface area (TPSA) is 48.1 Å². The van der Waals surface area contributed by atoms with Crippen LogP contribution in [0.2, 0.25) is 0 Å². The Morgan fingerprint density at radius 1 is 0.939 bits per heavy atom. The number of aromatic amines is 1. The van der Waals surface area contributed by atoms with Crippen LogP contribution in [0.15, 0.2) is 83.7 Å². The average molecular weight is 456 g/mol. The number of H-pyrrole nitrogens is 1. The van der Waals surface area contributed by atoms with E-state index in [1.54, 1.807) is 0 Å². The molecule has 33 heavy (non-hydrogen) atoms. The minimum atomic E-state index is -0.0808. The van der Waals surface area contributed by atoms with Crippen LogP contribution >= 0.6 is 12.2 Å². The third kappa shape index (κ3) is 5.49. The molecule has 1 heterocycles. The third-order valence-corrected chi connectivity index (χ3v) is 6.42. The van der Waals surface area contributed by atoms with Gasteiger partial charge < -0.3 is 15.2 Å². The first-order valence-electron chi connectivity index (χ1n) is 11.2. The lowest BCUT2D eigenvalue weighted by atomic mass is 10.0. The Morgan fingerprint density at radius 3 is 2.27 bits per heavy atom. The first-order valence-corrected chi connectivity index (χ1v) is 11.6. The van der Waals surface area contributed by atoms with Gasteiger partial charge in [0.05, 0.1) is 12.6 Å². The average Bonchev–Trinajstić information content (AvgIpc) is 2.81. The van der Waals surface area contributed by atoms with Gasteiger partial charge in [-0.05, 0) is 78.8 Å². The number of thiocarbonyl (C=S) groups is 1. The normalized spacial score (nSPS) is 11.8. The summed E-state index contributed by atoms with van der Waals surface area (Å²) in [5, 5.41) is 5.11. The van der Waals surface area contributed by atoms with Crippen molar-refractivity contribution in [3.63, 3.8) is 0 Å². The molecule has 4 nitrogen and oxygen atoms in total. The van der Waals surface area contributed by atoms with Gasteiger partial charge in [-0.3, -0.25) is 4.79 Å². The van der Waals surface area contributed by atoms with Crippen molar-refractivity contribution in [2.75, 3.05) is 0 Å². The van der Waals surface area contributed by atoms with E-state index >= 15 is 0 Å². The smallest absolute Gasteiger partial charge is 0.253 e. The molecular weight excluding hydrogens is 426 g/mol. The Labute approximate surface area is 200 Å². The third-order valence-electron chi connectivity index (χ3n) is 6.04. The van der Waals surface area contributed by atoms with E-state index in [-0.39, 0.29) is 11.6 Å². The number of benzene rings is 3. The highest BCUT2D eigenvalue weighted by molar-refractivity contribution is 7.80. The second-order valence-corrected chi connectivity index (χ2v) is 8.96. The summed E-state index contributed by atoms with van der Waals surface area (Å²) in [5.41, 5.74) is 6.14. The number of aromatic nitrogens is 1. The molecule has 0 fully saturated rings. The minimum absolute atomic E-state index is 0.0532. The van der Waals surface area contributed by atoms with Crippen molar-refractivity contribution in [3.05, 3.63) is 117 Å². The Balaban J connectivity index is 1.63. The van der Waals surface area contributed by atoms with Gasteiger partial charge in [0.25, 0.3) is 5.56 Å². The number of nitrogens with one attached hydrogen (secondary N) is 2. The summed E-state index contributed by atoms with van der Waals surface area (Å²) < 4.78 is 0. The van der Waals surface area contributed by atoms with E-state index in [1.165, 1.54) is 5.56 Å². The van der Waals surface area contributed by atoms with Crippen molar-refractivity contribution in [1.82, 2.24) is 15.2 Å². The van der Waals surface area contributed by atoms with Gasteiger partial charge in [0, 0.05) is 17.6 Å². The van der Waals surface area contributed by atoms with Gasteiger partial charge in [0.15, 0.2) is 5.11 Å². The fourth-order valence-electron chi connectivity index (χ4n) is 3.95. The lowest BCUT2D eigenvalue weighted by molar-refractivity contribution is 0.392. The molecule has 0 unspecified atom stereocenters. The number of pyridine rings is 1. The van der Waals surface area contributed by atoms with Crippen LogP contribution in [0.3, 0.4) is 0 Å². The summed E-state index contributed by atoms with van der Waals surface area (Å²) in [7, 11) is 0. The van der Waals surface area contributed by atoms with Gasteiger partial charge in [0.2, 0.25) is 0 Å². The molecule has 0 saturated heterocycles. The van der Waals surface area contributed by atoms with Crippen molar-refractivity contribution in [2.45, 2.75) is 39.9 Å². The molecule has 3 aromatic carbocycles. The largest absolute Gasteiger partial charge is 0.356 e. The van der Waals surface area contributed by atoms with Gasteiger partial charge >= 0.3 is 0 Å². The summed E-state index contributed by atoms with van der Waals surface area (Å²) in [6.45, 7) is 7.27. The van der Waals surface area contributed by atoms with E-state index < -0.39 is 0 Å². The van der Waals surface area contributed by atoms with Crippen LogP contribution in [0.4, 0.5) is 0 Å². The summed E-state index contributed by atoms with van der Waals surface area (Å²) >= 11 is 5.83. The van der Waals surface area contributed by atoms with Crippen LogP contribution in [0.25, 0.3) is 10.9 Å². The van der Waals surface area contributed by atoms with Gasteiger partial charge in [-0.1, -0.05) is 60.7 Å². The van der Waals surface area contributed by atoms with Crippen molar-refractivity contribution in [1.29, 1.82) is 0 Å². The molecule has 0 aliphatic heterocycles. The van der Waals surface area contributed by atoms with E-state index in [0.717, 1.165) is 27.6 Å². The highest BCUT2D eigenvalue weighted by atomic mass is 32.1. The maximum absolute atomic E-state index is 12.9. The standard InChI is InChI=1S/C28H29N3OS/c1-19-14-24-16-25(27(32)30-26(24)15-20(19)2)18-31(17-22-10-6-4-7-11-22)28(33)29-21(3)23-12-8-5-9-13-23/h4-16,21H,17-18H2,1-3H3,(H,29,33)(H,30,32)/t21-/m0/s1. The molecular formula is C28H29N3OS. The van der Waals surface area contributed by atoms with Crippen LogP contribution in [0.1, 0.15) is 40.8 Å². The maximum Gasteiger partial charge on any atom is 0.253 e. The molecule has 4 rings (SSSR count). The molecule has 0 radical (unpaired) electrons. The zero-order valence-electron chi connectivity index (χ0n) is 19.3. The maximum atomic E-state index is 12.9. The predicted molar refractivity (Wildman–Crippen MR) is 140 cm³/mol. The molecule has 0 aliphatic carbocycles. The van der Waals surface area contributed by atoms with E-state index in [4.69, 9.17) is 12.2 Å². The van der Waals surface area contributed by atoms with Gasteiger partial charge in [0.1, 0.15) is 0 Å². The molecule has 0 aliphatic rings. The Hall–Kier alpha value is -3.44. The summed E-state index contributed by atoms with van der Waals surface area (Å²) in [4.78, 5) is 18.1. The molecule has 4 aromatic rings. The first kappa shape index (κ1) is 22.7. The lowest BCUT2D eigenvalue weighted by Gasteiger charge is -2.28. The zero-order valence-corrected chi connectivity index (χ0v) is 20.1. The lowest BCUT2D eigenvalue weighted by Crippen LogP contribution is -2.41. The number of hydrogen-bond donors (Lipinski definition) is 2. The molecule has 0 bridgehead atoms. The SMILES string of the molecule is Cc1cc2cc(CN(Cc3ccccc3)C(=S)N[C@@H](C)c3ccccc3)c(=O)[nH]c2cc1C.